The largest absolute Gasteiger partial charge is 0.370 e. The van der Waals surface area contributed by atoms with Gasteiger partial charge >= 0.3 is 0 Å². The highest BCUT2D eigenvalue weighted by molar-refractivity contribution is 6.01. The van der Waals surface area contributed by atoms with Crippen molar-refractivity contribution in [3.05, 3.63) is 41.5 Å². The van der Waals surface area contributed by atoms with Crippen LogP contribution in [-0.4, -0.2) is 12.5 Å². The molecule has 1 atom stereocenters. The minimum absolute atomic E-state index is 0.139. The molecule has 3 N–H and O–H groups in total. The maximum atomic E-state index is 7.73. The summed E-state index contributed by atoms with van der Waals surface area (Å²) < 4.78 is 0. The number of fused-ring (bicyclic) bond motifs is 3. The lowest BCUT2D eigenvalue weighted by atomic mass is 9.93. The summed E-state index contributed by atoms with van der Waals surface area (Å²) in [4.78, 5) is 1.91. The van der Waals surface area contributed by atoms with Gasteiger partial charge in [-0.25, -0.2) is 0 Å². The van der Waals surface area contributed by atoms with Crippen LogP contribution < -0.4 is 10.6 Å². The molecule has 20 heavy (non-hydrogen) atoms. The van der Waals surface area contributed by atoms with E-state index in [9.17, 15) is 0 Å². The maximum Gasteiger partial charge on any atom is 0.192 e. The van der Waals surface area contributed by atoms with Gasteiger partial charge in [0.15, 0.2) is 5.96 Å². The second-order valence-corrected chi connectivity index (χ2v) is 5.66. The van der Waals surface area contributed by atoms with Gasteiger partial charge in [0.25, 0.3) is 0 Å². The molecule has 0 saturated heterocycles. The van der Waals surface area contributed by atoms with Crippen molar-refractivity contribution in [3.63, 3.8) is 0 Å². The van der Waals surface area contributed by atoms with Crippen molar-refractivity contribution in [1.82, 2.24) is 0 Å². The van der Waals surface area contributed by atoms with E-state index in [0.29, 0.717) is 5.92 Å². The molecule has 0 aromatic heterocycles. The lowest BCUT2D eigenvalue weighted by molar-refractivity contribution is 0.822. The number of benzene rings is 2. The number of rotatable bonds is 2. The first kappa shape index (κ1) is 13.0. The van der Waals surface area contributed by atoms with Crippen molar-refractivity contribution >= 4 is 22.4 Å². The first-order valence-corrected chi connectivity index (χ1v) is 7.29. The summed E-state index contributed by atoms with van der Waals surface area (Å²) in [6.45, 7) is 5.24. The highest BCUT2D eigenvalue weighted by Gasteiger charge is 2.29. The molecule has 0 amide bonds. The molecule has 3 rings (SSSR count). The van der Waals surface area contributed by atoms with E-state index in [-0.39, 0.29) is 5.96 Å². The third kappa shape index (κ3) is 1.85. The zero-order valence-electron chi connectivity index (χ0n) is 12.1. The third-order valence-electron chi connectivity index (χ3n) is 4.22. The standard InChI is InChI=1S/C17H21N3/c1-3-5-12-6-4-7-14-13(12)8-9-15-16(14)11(2)10-20(15)17(18)19/h4,6-9,11H,3,5,10H2,1-2H3,(H3,18,19). The lowest BCUT2D eigenvalue weighted by Gasteiger charge is -2.17. The van der Waals surface area contributed by atoms with Gasteiger partial charge in [-0.15, -0.1) is 0 Å². The Morgan fingerprint density at radius 3 is 2.80 bits per heavy atom. The number of nitrogens with zero attached hydrogens (tertiary/aromatic N) is 1. The molecule has 1 aliphatic heterocycles. The molecule has 1 unspecified atom stereocenters. The zero-order chi connectivity index (χ0) is 14.3. The minimum Gasteiger partial charge on any atom is -0.370 e. The van der Waals surface area contributed by atoms with Crippen LogP contribution in [0.4, 0.5) is 5.69 Å². The molecule has 104 valence electrons. The van der Waals surface area contributed by atoms with Gasteiger partial charge in [0.2, 0.25) is 0 Å². The highest BCUT2D eigenvalue weighted by atomic mass is 15.2. The average molecular weight is 267 g/mol. The SMILES string of the molecule is CCCc1cccc2c3c(ccc12)N(C(=N)N)CC3C. The first-order valence-electron chi connectivity index (χ1n) is 7.29. The fourth-order valence-electron chi connectivity index (χ4n) is 3.37. The van der Waals surface area contributed by atoms with E-state index in [2.05, 4.69) is 44.2 Å². The van der Waals surface area contributed by atoms with Crippen LogP contribution in [0.25, 0.3) is 10.8 Å². The van der Waals surface area contributed by atoms with Crippen LogP contribution in [0.5, 0.6) is 0 Å². The van der Waals surface area contributed by atoms with Crippen LogP contribution in [-0.2, 0) is 6.42 Å². The molecule has 0 aliphatic carbocycles. The van der Waals surface area contributed by atoms with E-state index in [4.69, 9.17) is 11.1 Å². The Labute approximate surface area is 119 Å². The van der Waals surface area contributed by atoms with E-state index in [1.807, 2.05) is 4.90 Å². The van der Waals surface area contributed by atoms with E-state index in [1.165, 1.54) is 21.9 Å². The Balaban J connectivity index is 2.24. The molecule has 0 bridgehead atoms. The number of nitrogens with two attached hydrogens (primary N) is 1. The molecule has 0 spiro atoms. The summed E-state index contributed by atoms with van der Waals surface area (Å²) in [7, 11) is 0. The fraction of sp³-hybridized carbons (Fsp3) is 0.353. The number of nitrogens with one attached hydrogen (secondary N) is 1. The molecular weight excluding hydrogens is 246 g/mol. The summed E-state index contributed by atoms with van der Waals surface area (Å²) in [6.07, 6.45) is 2.27. The Morgan fingerprint density at radius 1 is 1.30 bits per heavy atom. The maximum absolute atomic E-state index is 7.73. The summed E-state index contributed by atoms with van der Waals surface area (Å²) in [5.74, 6) is 0.550. The zero-order valence-corrected chi connectivity index (χ0v) is 12.1. The van der Waals surface area contributed by atoms with Crippen molar-refractivity contribution in [1.29, 1.82) is 5.41 Å². The summed E-state index contributed by atoms with van der Waals surface area (Å²) in [5, 5.41) is 10.4. The van der Waals surface area contributed by atoms with Crippen LogP contribution in [0.1, 0.15) is 37.3 Å². The normalized spacial score (nSPS) is 17.5. The summed E-state index contributed by atoms with van der Waals surface area (Å²) >= 11 is 0. The van der Waals surface area contributed by atoms with E-state index in [0.717, 1.165) is 25.1 Å². The quantitative estimate of drug-likeness (QED) is 0.645. The molecule has 2 aromatic rings. The van der Waals surface area contributed by atoms with Gasteiger partial charge in [0.1, 0.15) is 0 Å². The van der Waals surface area contributed by atoms with Crippen molar-refractivity contribution in [3.8, 4) is 0 Å². The van der Waals surface area contributed by atoms with Crippen molar-refractivity contribution < 1.29 is 0 Å². The Bertz CT molecular complexity index is 675. The fourth-order valence-corrected chi connectivity index (χ4v) is 3.37. The number of guanidine groups is 1. The second-order valence-electron chi connectivity index (χ2n) is 5.66. The number of aryl methyl sites for hydroxylation is 1. The molecule has 0 saturated carbocycles. The van der Waals surface area contributed by atoms with Crippen LogP contribution in [0.3, 0.4) is 0 Å². The van der Waals surface area contributed by atoms with Gasteiger partial charge in [-0.3, -0.25) is 5.41 Å². The monoisotopic (exact) mass is 267 g/mol. The highest BCUT2D eigenvalue weighted by Crippen LogP contribution is 2.41. The predicted octanol–water partition coefficient (Wildman–Crippen LogP) is 3.61. The van der Waals surface area contributed by atoms with Crippen LogP contribution in [0, 0.1) is 5.41 Å². The predicted molar refractivity (Wildman–Crippen MR) is 85.6 cm³/mol. The summed E-state index contributed by atoms with van der Waals surface area (Å²) in [5.41, 5.74) is 9.57. The topological polar surface area (TPSA) is 53.1 Å². The second kappa shape index (κ2) is 4.82. The van der Waals surface area contributed by atoms with Gasteiger partial charge in [0.05, 0.1) is 0 Å². The summed E-state index contributed by atoms with van der Waals surface area (Å²) in [6, 6.07) is 10.9. The van der Waals surface area contributed by atoms with Crippen molar-refractivity contribution in [2.24, 2.45) is 5.73 Å². The van der Waals surface area contributed by atoms with Gasteiger partial charge < -0.3 is 10.6 Å². The van der Waals surface area contributed by atoms with Crippen LogP contribution in [0.15, 0.2) is 30.3 Å². The Morgan fingerprint density at radius 2 is 2.10 bits per heavy atom. The first-order chi connectivity index (χ1) is 9.63. The number of anilines is 1. The Hall–Kier alpha value is -2.03. The molecule has 0 radical (unpaired) electrons. The van der Waals surface area contributed by atoms with Crippen molar-refractivity contribution in [2.75, 3.05) is 11.4 Å². The Kier molecular flexibility index (Phi) is 3.13. The molecule has 1 aliphatic rings. The molecule has 3 heteroatoms. The van der Waals surface area contributed by atoms with E-state index >= 15 is 0 Å². The van der Waals surface area contributed by atoms with Gasteiger partial charge in [-0.1, -0.05) is 44.5 Å². The van der Waals surface area contributed by atoms with Gasteiger partial charge in [-0.2, -0.15) is 0 Å². The number of hydrogen-bond acceptors (Lipinski definition) is 1. The van der Waals surface area contributed by atoms with E-state index < -0.39 is 0 Å². The molecular formula is C17H21N3. The van der Waals surface area contributed by atoms with Crippen LogP contribution >= 0.6 is 0 Å². The smallest absolute Gasteiger partial charge is 0.192 e. The average Bonchev–Trinajstić information content (AvgIpc) is 2.77. The molecule has 3 nitrogen and oxygen atoms in total. The molecule has 0 fully saturated rings. The molecule has 1 heterocycles. The lowest BCUT2D eigenvalue weighted by Crippen LogP contribution is -2.35. The third-order valence-corrected chi connectivity index (χ3v) is 4.22. The minimum atomic E-state index is 0.139. The van der Waals surface area contributed by atoms with Crippen LogP contribution in [0.2, 0.25) is 0 Å². The van der Waals surface area contributed by atoms with E-state index in [1.54, 1.807) is 0 Å². The van der Waals surface area contributed by atoms with Gasteiger partial charge in [-0.05, 0) is 34.4 Å². The number of hydrogen-bond donors (Lipinski definition) is 2. The van der Waals surface area contributed by atoms with Gasteiger partial charge in [0, 0.05) is 18.2 Å². The van der Waals surface area contributed by atoms with Crippen molar-refractivity contribution in [2.45, 2.75) is 32.6 Å². The molecule has 2 aromatic carbocycles.